The fraction of sp³-hybridized carbons (Fsp3) is 0.467. The van der Waals surface area contributed by atoms with E-state index in [1.165, 1.54) is 0 Å². The standard InChI is InChI=1S/C15H16O4/c1-8-3-5-11-9(2)14(16)19-13(11)7-10-4-6-12(8)18-15(10)17/h3-4,11-13H,2,5-7H2,1H3/b8-3+. The van der Waals surface area contributed by atoms with Crippen molar-refractivity contribution in [1.82, 2.24) is 0 Å². The molecular weight excluding hydrogens is 244 g/mol. The van der Waals surface area contributed by atoms with E-state index >= 15 is 0 Å². The maximum absolute atomic E-state index is 11.9. The molecule has 0 aromatic rings. The Labute approximate surface area is 111 Å². The van der Waals surface area contributed by atoms with Crippen molar-refractivity contribution in [3.63, 3.8) is 0 Å². The fourth-order valence-electron chi connectivity index (χ4n) is 2.84. The van der Waals surface area contributed by atoms with Crippen LogP contribution in [0.3, 0.4) is 0 Å². The summed E-state index contributed by atoms with van der Waals surface area (Å²) in [6, 6.07) is 0. The minimum Gasteiger partial charge on any atom is -0.458 e. The number of hydrogen-bond donors (Lipinski definition) is 0. The highest BCUT2D eigenvalue weighted by atomic mass is 16.6. The largest absolute Gasteiger partial charge is 0.458 e. The molecule has 3 heterocycles. The van der Waals surface area contributed by atoms with E-state index in [1.54, 1.807) is 0 Å². The second-order valence-corrected chi connectivity index (χ2v) is 5.32. The first-order valence-electron chi connectivity index (χ1n) is 6.52. The Morgan fingerprint density at radius 1 is 1.16 bits per heavy atom. The molecule has 4 nitrogen and oxygen atoms in total. The van der Waals surface area contributed by atoms with Gasteiger partial charge in [-0.3, -0.25) is 0 Å². The average molecular weight is 260 g/mol. The number of carbonyl (C=O) groups is 2. The predicted molar refractivity (Wildman–Crippen MR) is 68.1 cm³/mol. The van der Waals surface area contributed by atoms with E-state index in [4.69, 9.17) is 9.47 Å². The molecule has 1 aliphatic carbocycles. The first kappa shape index (κ1) is 12.2. The van der Waals surface area contributed by atoms with Crippen LogP contribution in [0.2, 0.25) is 0 Å². The van der Waals surface area contributed by atoms with Gasteiger partial charge in [-0.15, -0.1) is 0 Å². The molecule has 4 rings (SSSR count). The van der Waals surface area contributed by atoms with Gasteiger partial charge in [-0.05, 0) is 18.9 Å². The van der Waals surface area contributed by atoms with Gasteiger partial charge in [0.25, 0.3) is 0 Å². The molecule has 100 valence electrons. The molecule has 0 aromatic carbocycles. The zero-order chi connectivity index (χ0) is 13.6. The van der Waals surface area contributed by atoms with Gasteiger partial charge >= 0.3 is 11.9 Å². The summed E-state index contributed by atoms with van der Waals surface area (Å²) in [6.07, 6.45) is 5.32. The lowest BCUT2D eigenvalue weighted by molar-refractivity contribution is -0.146. The normalized spacial score (nSPS) is 36.9. The van der Waals surface area contributed by atoms with Crippen LogP contribution in [0, 0.1) is 5.92 Å². The lowest BCUT2D eigenvalue weighted by atomic mass is 9.86. The van der Waals surface area contributed by atoms with E-state index in [-0.39, 0.29) is 30.1 Å². The van der Waals surface area contributed by atoms with Gasteiger partial charge in [0.15, 0.2) is 0 Å². The van der Waals surface area contributed by atoms with E-state index in [2.05, 4.69) is 6.58 Å². The third-order valence-corrected chi connectivity index (χ3v) is 4.13. The van der Waals surface area contributed by atoms with Crippen molar-refractivity contribution in [3.05, 3.63) is 35.5 Å². The van der Waals surface area contributed by atoms with E-state index in [0.29, 0.717) is 30.4 Å². The quantitative estimate of drug-likeness (QED) is 0.380. The van der Waals surface area contributed by atoms with E-state index in [9.17, 15) is 9.59 Å². The summed E-state index contributed by atoms with van der Waals surface area (Å²) < 4.78 is 10.7. The SMILES string of the molecule is C=C1C(=O)OC2CC3=CCC(OC3=O)/C(C)=C/CC12. The molecule has 3 aliphatic heterocycles. The van der Waals surface area contributed by atoms with Gasteiger partial charge in [-0.1, -0.05) is 18.7 Å². The topological polar surface area (TPSA) is 52.6 Å². The molecule has 1 fully saturated rings. The summed E-state index contributed by atoms with van der Waals surface area (Å²) in [6.45, 7) is 5.76. The molecule has 0 radical (unpaired) electrons. The Bertz CT molecular complexity index is 526. The monoisotopic (exact) mass is 260 g/mol. The van der Waals surface area contributed by atoms with Crippen LogP contribution < -0.4 is 0 Å². The Balaban J connectivity index is 1.98. The number of rotatable bonds is 0. The van der Waals surface area contributed by atoms with Crippen LogP contribution in [0.1, 0.15) is 26.2 Å². The first-order chi connectivity index (χ1) is 9.06. The third-order valence-electron chi connectivity index (χ3n) is 4.13. The molecule has 0 N–H and O–H groups in total. The fourth-order valence-corrected chi connectivity index (χ4v) is 2.84. The maximum Gasteiger partial charge on any atom is 0.334 e. The van der Waals surface area contributed by atoms with Gasteiger partial charge in [0.2, 0.25) is 0 Å². The van der Waals surface area contributed by atoms with Gasteiger partial charge < -0.3 is 9.47 Å². The van der Waals surface area contributed by atoms with E-state index in [1.807, 2.05) is 19.1 Å². The van der Waals surface area contributed by atoms with Crippen LogP contribution in [-0.4, -0.2) is 24.1 Å². The summed E-state index contributed by atoms with van der Waals surface area (Å²) in [5, 5.41) is 0. The van der Waals surface area contributed by atoms with Crippen molar-refractivity contribution in [3.8, 4) is 0 Å². The van der Waals surface area contributed by atoms with Crippen molar-refractivity contribution in [1.29, 1.82) is 0 Å². The van der Waals surface area contributed by atoms with E-state index in [0.717, 1.165) is 5.57 Å². The molecule has 19 heavy (non-hydrogen) atoms. The number of carbonyl (C=O) groups excluding carboxylic acids is 2. The number of ether oxygens (including phenoxy) is 2. The molecular formula is C15H16O4. The van der Waals surface area contributed by atoms with Crippen LogP contribution in [0.15, 0.2) is 35.5 Å². The summed E-state index contributed by atoms with van der Waals surface area (Å²) in [5.74, 6) is -0.669. The Kier molecular flexibility index (Phi) is 2.81. The van der Waals surface area contributed by atoms with Gasteiger partial charge in [-0.2, -0.15) is 0 Å². The molecule has 0 aromatic heterocycles. The van der Waals surface area contributed by atoms with Gasteiger partial charge in [-0.25, -0.2) is 9.59 Å². The van der Waals surface area contributed by atoms with Crippen LogP contribution in [0.5, 0.6) is 0 Å². The zero-order valence-electron chi connectivity index (χ0n) is 10.8. The second-order valence-electron chi connectivity index (χ2n) is 5.32. The minimum absolute atomic E-state index is 0.0319. The van der Waals surface area contributed by atoms with Crippen molar-refractivity contribution in [2.45, 2.75) is 38.4 Å². The Morgan fingerprint density at radius 2 is 1.95 bits per heavy atom. The number of esters is 2. The lowest BCUT2D eigenvalue weighted by Crippen LogP contribution is -2.29. The van der Waals surface area contributed by atoms with Crippen LogP contribution in [0.4, 0.5) is 0 Å². The highest BCUT2D eigenvalue weighted by Gasteiger charge is 2.40. The van der Waals surface area contributed by atoms with Gasteiger partial charge in [0.1, 0.15) is 12.2 Å². The molecule has 4 aliphatic rings. The minimum atomic E-state index is -0.344. The van der Waals surface area contributed by atoms with Crippen LogP contribution in [0.25, 0.3) is 0 Å². The Hall–Kier alpha value is -1.84. The second kappa shape index (κ2) is 4.37. The van der Waals surface area contributed by atoms with Crippen molar-refractivity contribution in [2.75, 3.05) is 0 Å². The summed E-state index contributed by atoms with van der Waals surface area (Å²) in [4.78, 5) is 23.5. The Morgan fingerprint density at radius 3 is 2.68 bits per heavy atom. The smallest absolute Gasteiger partial charge is 0.334 e. The molecule has 3 atom stereocenters. The van der Waals surface area contributed by atoms with Crippen LogP contribution >= 0.6 is 0 Å². The molecule has 1 saturated heterocycles. The predicted octanol–water partition coefficient (Wildman–Crippen LogP) is 2.07. The van der Waals surface area contributed by atoms with Gasteiger partial charge in [0.05, 0.1) is 0 Å². The van der Waals surface area contributed by atoms with Crippen molar-refractivity contribution >= 4 is 11.9 Å². The van der Waals surface area contributed by atoms with Crippen LogP contribution in [-0.2, 0) is 19.1 Å². The molecule has 4 heteroatoms. The number of allylic oxidation sites excluding steroid dienone is 1. The number of fused-ring (bicyclic) bond motifs is 3. The molecule has 0 saturated carbocycles. The maximum atomic E-state index is 11.9. The highest BCUT2D eigenvalue weighted by molar-refractivity contribution is 5.92. The van der Waals surface area contributed by atoms with E-state index < -0.39 is 0 Å². The summed E-state index contributed by atoms with van der Waals surface area (Å²) in [7, 11) is 0. The molecule has 3 unspecified atom stereocenters. The average Bonchev–Trinajstić information content (AvgIpc) is 2.65. The third kappa shape index (κ3) is 2.01. The molecule has 0 spiro atoms. The van der Waals surface area contributed by atoms with Gasteiger partial charge in [0, 0.05) is 29.9 Å². The number of hydrogen-bond acceptors (Lipinski definition) is 4. The zero-order valence-corrected chi connectivity index (χ0v) is 10.8. The summed E-state index contributed by atoms with van der Waals surface area (Å²) in [5.41, 5.74) is 2.15. The molecule has 0 amide bonds. The highest BCUT2D eigenvalue weighted by Crippen LogP contribution is 2.36. The van der Waals surface area contributed by atoms with Crippen molar-refractivity contribution in [2.24, 2.45) is 5.92 Å². The lowest BCUT2D eigenvalue weighted by Gasteiger charge is -2.27. The summed E-state index contributed by atoms with van der Waals surface area (Å²) >= 11 is 0. The first-order valence-corrected chi connectivity index (χ1v) is 6.52. The van der Waals surface area contributed by atoms with Crippen molar-refractivity contribution < 1.29 is 19.1 Å². The molecule has 2 bridgehead atoms.